The zero-order valence-electron chi connectivity index (χ0n) is 12.4. The van der Waals surface area contributed by atoms with Gasteiger partial charge in [-0.2, -0.15) is 0 Å². The van der Waals surface area contributed by atoms with Gasteiger partial charge in [-0.05, 0) is 13.8 Å². The molecule has 0 saturated heterocycles. The average molecular weight is 312 g/mol. The summed E-state index contributed by atoms with van der Waals surface area (Å²) in [6.07, 6.45) is 0. The summed E-state index contributed by atoms with van der Waals surface area (Å²) in [5.41, 5.74) is -0.867. The monoisotopic (exact) mass is 312 g/mol. The van der Waals surface area contributed by atoms with Gasteiger partial charge in [-0.25, -0.2) is 4.98 Å². The molecule has 0 aromatic carbocycles. The van der Waals surface area contributed by atoms with Crippen LogP contribution in [0.15, 0.2) is 12.1 Å². The molecule has 0 bridgehead atoms. The lowest BCUT2D eigenvalue weighted by atomic mass is 10.0. The number of rotatable bonds is 7. The summed E-state index contributed by atoms with van der Waals surface area (Å²) in [7, 11) is 1.31. The predicted octanol–water partition coefficient (Wildman–Crippen LogP) is 1.21. The lowest BCUT2D eigenvalue weighted by molar-refractivity contribution is -0.386. The van der Waals surface area contributed by atoms with E-state index in [0.717, 1.165) is 6.07 Å². The minimum absolute atomic E-state index is 0.00645. The number of esters is 2. The van der Waals surface area contributed by atoms with Crippen molar-refractivity contribution in [3.63, 3.8) is 0 Å². The van der Waals surface area contributed by atoms with E-state index in [2.05, 4.69) is 4.98 Å². The molecular weight excluding hydrogens is 296 g/mol. The van der Waals surface area contributed by atoms with Crippen molar-refractivity contribution >= 4 is 17.6 Å². The van der Waals surface area contributed by atoms with E-state index in [1.165, 1.54) is 13.2 Å². The fourth-order valence-corrected chi connectivity index (χ4v) is 1.70. The molecule has 0 amide bonds. The number of hydrogen-bond donors (Lipinski definition) is 0. The Hall–Kier alpha value is -2.71. The van der Waals surface area contributed by atoms with Gasteiger partial charge in [0.2, 0.25) is 11.8 Å². The van der Waals surface area contributed by atoms with Crippen LogP contribution in [0.25, 0.3) is 0 Å². The Kier molecular flexibility index (Phi) is 6.24. The first-order valence-corrected chi connectivity index (χ1v) is 6.48. The van der Waals surface area contributed by atoms with E-state index >= 15 is 0 Å². The van der Waals surface area contributed by atoms with E-state index in [4.69, 9.17) is 14.2 Å². The van der Waals surface area contributed by atoms with Gasteiger partial charge in [0.25, 0.3) is 5.69 Å². The van der Waals surface area contributed by atoms with Crippen LogP contribution in [-0.4, -0.2) is 42.2 Å². The second-order valence-corrected chi connectivity index (χ2v) is 3.95. The van der Waals surface area contributed by atoms with Gasteiger partial charge in [-0.1, -0.05) is 0 Å². The lowest BCUT2D eigenvalue weighted by Crippen LogP contribution is -2.28. The third-order valence-electron chi connectivity index (χ3n) is 2.60. The summed E-state index contributed by atoms with van der Waals surface area (Å²) in [6, 6.07) is 2.36. The van der Waals surface area contributed by atoms with Gasteiger partial charge in [-0.3, -0.25) is 19.7 Å². The summed E-state index contributed by atoms with van der Waals surface area (Å²) in [5.74, 6) is -3.55. The highest BCUT2D eigenvalue weighted by atomic mass is 16.6. The summed E-state index contributed by atoms with van der Waals surface area (Å²) in [5, 5.41) is 11.1. The number of carbonyl (C=O) groups excluding carboxylic acids is 2. The topological polar surface area (TPSA) is 118 Å². The molecule has 0 spiro atoms. The summed E-state index contributed by atoms with van der Waals surface area (Å²) < 4.78 is 14.5. The van der Waals surface area contributed by atoms with Crippen molar-refractivity contribution < 1.29 is 28.7 Å². The Morgan fingerprint density at radius 2 is 1.77 bits per heavy atom. The fourth-order valence-electron chi connectivity index (χ4n) is 1.70. The Morgan fingerprint density at radius 3 is 2.18 bits per heavy atom. The molecule has 9 heteroatoms. The van der Waals surface area contributed by atoms with E-state index in [-0.39, 0.29) is 24.8 Å². The molecule has 0 aliphatic carbocycles. The summed E-state index contributed by atoms with van der Waals surface area (Å²) >= 11 is 0. The Morgan fingerprint density at radius 1 is 1.23 bits per heavy atom. The third-order valence-corrected chi connectivity index (χ3v) is 2.60. The second kappa shape index (κ2) is 7.91. The van der Waals surface area contributed by atoms with Crippen LogP contribution < -0.4 is 4.74 Å². The quantitative estimate of drug-likeness (QED) is 0.319. The molecule has 0 aliphatic heterocycles. The number of nitrogens with zero attached hydrogens (tertiary/aromatic N) is 2. The number of methoxy groups -OCH3 is 1. The van der Waals surface area contributed by atoms with Crippen molar-refractivity contribution in [2.75, 3.05) is 20.3 Å². The van der Waals surface area contributed by atoms with E-state index in [1.54, 1.807) is 13.8 Å². The molecule has 0 unspecified atom stereocenters. The van der Waals surface area contributed by atoms with Crippen LogP contribution in [-0.2, 0) is 19.1 Å². The molecule has 9 nitrogen and oxygen atoms in total. The first-order chi connectivity index (χ1) is 10.5. The second-order valence-electron chi connectivity index (χ2n) is 3.95. The van der Waals surface area contributed by atoms with Gasteiger partial charge in [0.05, 0.1) is 25.2 Å². The maximum atomic E-state index is 12.0. The van der Waals surface area contributed by atoms with Crippen molar-refractivity contribution in [1.82, 2.24) is 4.98 Å². The average Bonchev–Trinajstić information content (AvgIpc) is 2.47. The van der Waals surface area contributed by atoms with Crippen LogP contribution in [0.2, 0.25) is 0 Å². The van der Waals surface area contributed by atoms with Crippen LogP contribution in [0.4, 0.5) is 5.69 Å². The van der Waals surface area contributed by atoms with E-state index in [9.17, 15) is 19.7 Å². The standard InChI is InChI=1S/C13H16N2O7/c1-4-21-12(16)10(13(17)22-5-2)11-8(15(18)19)6-7-9(14-11)20-3/h6-7,10H,4-5H2,1-3H3. The highest BCUT2D eigenvalue weighted by Crippen LogP contribution is 2.29. The van der Waals surface area contributed by atoms with Crippen LogP contribution in [0.5, 0.6) is 5.88 Å². The van der Waals surface area contributed by atoms with Gasteiger partial charge in [0, 0.05) is 12.1 Å². The number of hydrogen-bond acceptors (Lipinski definition) is 8. The molecule has 1 aromatic rings. The third kappa shape index (κ3) is 3.90. The molecule has 0 saturated carbocycles. The molecular formula is C13H16N2O7. The molecule has 1 rings (SSSR count). The van der Waals surface area contributed by atoms with E-state index < -0.39 is 28.5 Å². The Labute approximate surface area is 126 Å². The van der Waals surface area contributed by atoms with E-state index in [1.807, 2.05) is 0 Å². The van der Waals surface area contributed by atoms with Crippen LogP contribution in [0, 0.1) is 10.1 Å². The van der Waals surface area contributed by atoms with Gasteiger partial charge in [0.15, 0.2) is 0 Å². The van der Waals surface area contributed by atoms with Crippen LogP contribution >= 0.6 is 0 Å². The van der Waals surface area contributed by atoms with Crippen molar-refractivity contribution in [3.8, 4) is 5.88 Å². The number of aromatic nitrogens is 1. The van der Waals surface area contributed by atoms with Crippen LogP contribution in [0.3, 0.4) is 0 Å². The molecule has 0 radical (unpaired) electrons. The smallest absolute Gasteiger partial charge is 0.326 e. The summed E-state index contributed by atoms with van der Waals surface area (Å²) in [6.45, 7) is 3.11. The predicted molar refractivity (Wildman–Crippen MR) is 73.5 cm³/mol. The normalized spacial score (nSPS) is 10.2. The lowest BCUT2D eigenvalue weighted by Gasteiger charge is -2.14. The van der Waals surface area contributed by atoms with Crippen molar-refractivity contribution in [2.24, 2.45) is 0 Å². The minimum atomic E-state index is -1.64. The van der Waals surface area contributed by atoms with Gasteiger partial charge in [-0.15, -0.1) is 0 Å². The maximum Gasteiger partial charge on any atom is 0.326 e. The van der Waals surface area contributed by atoms with Gasteiger partial charge < -0.3 is 14.2 Å². The molecule has 0 aliphatic rings. The van der Waals surface area contributed by atoms with E-state index in [0.29, 0.717) is 0 Å². The van der Waals surface area contributed by atoms with Crippen molar-refractivity contribution in [2.45, 2.75) is 19.8 Å². The zero-order valence-corrected chi connectivity index (χ0v) is 12.4. The number of ether oxygens (including phenoxy) is 3. The van der Waals surface area contributed by atoms with Crippen LogP contribution in [0.1, 0.15) is 25.5 Å². The molecule has 0 N–H and O–H groups in total. The first-order valence-electron chi connectivity index (χ1n) is 6.48. The van der Waals surface area contributed by atoms with Gasteiger partial charge in [0.1, 0.15) is 5.69 Å². The van der Waals surface area contributed by atoms with Gasteiger partial charge >= 0.3 is 11.9 Å². The highest BCUT2D eigenvalue weighted by Gasteiger charge is 2.38. The molecule has 1 aromatic heterocycles. The molecule has 0 atom stereocenters. The largest absolute Gasteiger partial charge is 0.481 e. The minimum Gasteiger partial charge on any atom is -0.481 e. The Balaban J connectivity index is 3.41. The van der Waals surface area contributed by atoms with Crippen molar-refractivity contribution in [3.05, 3.63) is 27.9 Å². The fraction of sp³-hybridized carbons (Fsp3) is 0.462. The molecule has 120 valence electrons. The Bertz CT molecular complexity index is 556. The highest BCUT2D eigenvalue weighted by molar-refractivity contribution is 6.01. The molecule has 22 heavy (non-hydrogen) atoms. The van der Waals surface area contributed by atoms with Crippen molar-refractivity contribution in [1.29, 1.82) is 0 Å². The number of carbonyl (C=O) groups is 2. The SMILES string of the molecule is CCOC(=O)C(C(=O)OCC)c1nc(OC)ccc1[N+](=O)[O-]. The zero-order chi connectivity index (χ0) is 16.7. The maximum absolute atomic E-state index is 12.0. The first kappa shape index (κ1) is 17.3. The molecule has 1 heterocycles. The number of nitro groups is 1. The summed E-state index contributed by atoms with van der Waals surface area (Å²) in [4.78, 5) is 38.2. The molecule has 0 fully saturated rings. The number of pyridine rings is 1.